The van der Waals surface area contributed by atoms with Crippen molar-refractivity contribution in [2.45, 2.75) is 25.6 Å². The average molecular weight is 500 g/mol. The highest BCUT2D eigenvalue weighted by atomic mass is 35.5. The number of nitrogens with zero attached hydrogens (tertiary/aromatic N) is 1. The standard InChI is InChI=1S/C29H23ClFN3O2/c30-22-10-11-23(21(14-22)16-32)28(18-2-1-3-18)27(19-7-4-17(5-8-19)6-13-26(35)36)20-9-12-25-24(15-20)29(31)34-33-25/h4-15,18,29,33-34H,1-3H2,(H,35,36)/b13-6+,28-27+. The summed E-state index contributed by atoms with van der Waals surface area (Å²) in [4.78, 5) is 10.9. The molecule has 1 aliphatic heterocycles. The molecule has 3 aromatic carbocycles. The number of carboxylic acids is 1. The van der Waals surface area contributed by atoms with E-state index in [0.717, 1.165) is 58.7 Å². The Bertz CT molecular complexity index is 1440. The van der Waals surface area contributed by atoms with Crippen LogP contribution in [0.15, 0.2) is 66.7 Å². The number of hydrogen-bond acceptors (Lipinski definition) is 4. The van der Waals surface area contributed by atoms with E-state index in [9.17, 15) is 14.4 Å². The summed E-state index contributed by atoms with van der Waals surface area (Å²) >= 11 is 6.22. The Morgan fingerprint density at radius 3 is 2.50 bits per heavy atom. The number of carbonyl (C=O) groups is 1. The van der Waals surface area contributed by atoms with Gasteiger partial charge < -0.3 is 10.5 Å². The van der Waals surface area contributed by atoms with E-state index in [1.165, 1.54) is 6.08 Å². The number of allylic oxidation sites excluding steroid dienone is 1. The summed E-state index contributed by atoms with van der Waals surface area (Å²) in [6, 6.07) is 20.9. The number of hydrogen-bond donors (Lipinski definition) is 3. The Labute approximate surface area is 213 Å². The lowest BCUT2D eigenvalue weighted by Gasteiger charge is -2.32. The van der Waals surface area contributed by atoms with Crippen LogP contribution in [0.4, 0.5) is 10.1 Å². The van der Waals surface area contributed by atoms with Gasteiger partial charge in [-0.25, -0.2) is 14.6 Å². The second-order valence-corrected chi connectivity index (χ2v) is 9.38. The Balaban J connectivity index is 1.76. The molecule has 3 aromatic rings. The van der Waals surface area contributed by atoms with Gasteiger partial charge in [-0.1, -0.05) is 54.4 Å². The van der Waals surface area contributed by atoms with Crippen molar-refractivity contribution < 1.29 is 14.3 Å². The number of nitriles is 1. The van der Waals surface area contributed by atoms with Crippen LogP contribution in [0.3, 0.4) is 0 Å². The van der Waals surface area contributed by atoms with Crippen molar-refractivity contribution in [3.05, 3.63) is 105 Å². The quantitative estimate of drug-likeness (QED) is 0.194. The van der Waals surface area contributed by atoms with Gasteiger partial charge in [0.2, 0.25) is 0 Å². The summed E-state index contributed by atoms with van der Waals surface area (Å²) < 4.78 is 14.6. The zero-order valence-corrected chi connectivity index (χ0v) is 20.0. The molecule has 0 spiro atoms. The highest BCUT2D eigenvalue weighted by molar-refractivity contribution is 6.30. The molecule has 1 fully saturated rings. The van der Waals surface area contributed by atoms with E-state index in [0.29, 0.717) is 21.8 Å². The van der Waals surface area contributed by atoms with Gasteiger partial charge in [0.05, 0.1) is 17.3 Å². The third kappa shape index (κ3) is 4.64. The van der Waals surface area contributed by atoms with Crippen LogP contribution in [0.25, 0.3) is 17.2 Å². The number of halogens is 2. The van der Waals surface area contributed by atoms with Crippen LogP contribution >= 0.6 is 11.6 Å². The lowest BCUT2D eigenvalue weighted by atomic mass is 9.72. The fourth-order valence-corrected chi connectivity index (χ4v) is 4.94. The van der Waals surface area contributed by atoms with Crippen molar-refractivity contribution in [1.29, 1.82) is 5.26 Å². The smallest absolute Gasteiger partial charge is 0.328 e. The molecular formula is C29H23ClFN3O2. The van der Waals surface area contributed by atoms with Crippen LogP contribution in [0.2, 0.25) is 5.02 Å². The molecule has 5 rings (SSSR count). The fourth-order valence-electron chi connectivity index (χ4n) is 4.77. The summed E-state index contributed by atoms with van der Waals surface area (Å²) in [5.41, 5.74) is 12.5. The van der Waals surface area contributed by atoms with Crippen LogP contribution in [0, 0.1) is 17.2 Å². The van der Waals surface area contributed by atoms with Crippen molar-refractivity contribution in [2.75, 3.05) is 5.43 Å². The number of rotatable bonds is 6. The first kappa shape index (κ1) is 23.8. The predicted octanol–water partition coefficient (Wildman–Crippen LogP) is 6.97. The van der Waals surface area contributed by atoms with Gasteiger partial charge in [-0.05, 0) is 82.5 Å². The van der Waals surface area contributed by atoms with Gasteiger partial charge in [-0.2, -0.15) is 5.26 Å². The maximum Gasteiger partial charge on any atom is 0.328 e. The minimum Gasteiger partial charge on any atom is -0.478 e. The molecule has 36 heavy (non-hydrogen) atoms. The van der Waals surface area contributed by atoms with Crippen molar-refractivity contribution in [3.8, 4) is 6.07 Å². The average Bonchev–Trinajstić information content (AvgIpc) is 3.22. The van der Waals surface area contributed by atoms with E-state index in [4.69, 9.17) is 16.7 Å². The van der Waals surface area contributed by atoms with Gasteiger partial charge in [0.25, 0.3) is 0 Å². The van der Waals surface area contributed by atoms with Gasteiger partial charge >= 0.3 is 5.97 Å². The van der Waals surface area contributed by atoms with Crippen molar-refractivity contribution >= 4 is 40.5 Å². The number of anilines is 1. The zero-order valence-electron chi connectivity index (χ0n) is 19.3. The Morgan fingerprint density at radius 2 is 1.83 bits per heavy atom. The van der Waals surface area contributed by atoms with Crippen molar-refractivity contribution in [1.82, 2.24) is 5.43 Å². The lowest BCUT2D eigenvalue weighted by molar-refractivity contribution is -0.131. The van der Waals surface area contributed by atoms with Gasteiger partial charge in [0, 0.05) is 16.7 Å². The molecule has 3 N–H and O–H groups in total. The molecule has 1 unspecified atom stereocenters. The van der Waals surface area contributed by atoms with Crippen molar-refractivity contribution in [3.63, 3.8) is 0 Å². The number of alkyl halides is 1. The van der Waals surface area contributed by atoms with Gasteiger partial charge in [0.15, 0.2) is 6.30 Å². The number of aliphatic carboxylic acids is 1. The number of fused-ring (bicyclic) bond motifs is 1. The van der Waals surface area contributed by atoms with Gasteiger partial charge in [-0.3, -0.25) is 0 Å². The fraction of sp³-hybridized carbons (Fsp3) is 0.172. The molecule has 7 heteroatoms. The maximum atomic E-state index is 14.6. The number of nitrogens with one attached hydrogen (secondary N) is 2. The Morgan fingerprint density at radius 1 is 1.08 bits per heavy atom. The monoisotopic (exact) mass is 499 g/mol. The summed E-state index contributed by atoms with van der Waals surface area (Å²) in [7, 11) is 0. The SMILES string of the molecule is N#Cc1cc(Cl)ccc1/C(=C(\c1ccc(/C=C/C(=O)O)cc1)c1ccc2c(c1)C(F)NN2)C1CCC1. The van der Waals surface area contributed by atoms with E-state index in [2.05, 4.69) is 16.9 Å². The third-order valence-corrected chi connectivity index (χ3v) is 6.97. The van der Waals surface area contributed by atoms with Crippen LogP contribution in [0.5, 0.6) is 0 Å². The molecule has 1 saturated carbocycles. The highest BCUT2D eigenvalue weighted by Gasteiger charge is 2.30. The zero-order chi connectivity index (χ0) is 25.2. The van der Waals surface area contributed by atoms with E-state index in [1.807, 2.05) is 48.5 Å². The van der Waals surface area contributed by atoms with Crippen LogP contribution in [-0.2, 0) is 4.79 Å². The van der Waals surface area contributed by atoms with Crippen LogP contribution < -0.4 is 10.9 Å². The normalized spacial score (nSPS) is 17.6. The first-order chi connectivity index (χ1) is 17.4. The molecule has 1 atom stereocenters. The molecule has 0 saturated heterocycles. The summed E-state index contributed by atoms with van der Waals surface area (Å²) in [6.45, 7) is 0. The Kier molecular flexibility index (Phi) is 6.60. The molecule has 5 nitrogen and oxygen atoms in total. The molecule has 1 aliphatic carbocycles. The summed E-state index contributed by atoms with van der Waals surface area (Å²) in [6.07, 6.45) is 4.38. The number of hydrazine groups is 1. The lowest BCUT2D eigenvalue weighted by Crippen LogP contribution is -2.16. The number of carboxylic acid groups (broad SMARTS) is 1. The molecule has 0 amide bonds. The maximum absolute atomic E-state index is 14.6. The van der Waals surface area contributed by atoms with E-state index < -0.39 is 12.3 Å². The largest absolute Gasteiger partial charge is 0.478 e. The van der Waals surface area contributed by atoms with Crippen molar-refractivity contribution in [2.24, 2.45) is 5.92 Å². The van der Waals surface area contributed by atoms with E-state index >= 15 is 0 Å². The molecule has 0 bridgehead atoms. The molecule has 0 aromatic heterocycles. The van der Waals surface area contributed by atoms with E-state index in [1.54, 1.807) is 12.1 Å². The minimum absolute atomic E-state index is 0.241. The molecule has 0 radical (unpaired) electrons. The van der Waals surface area contributed by atoms with Crippen LogP contribution in [0.1, 0.15) is 58.9 Å². The van der Waals surface area contributed by atoms with Gasteiger partial charge in [0.1, 0.15) is 0 Å². The first-order valence-electron chi connectivity index (χ1n) is 11.7. The first-order valence-corrected chi connectivity index (χ1v) is 12.1. The predicted molar refractivity (Wildman–Crippen MR) is 140 cm³/mol. The van der Waals surface area contributed by atoms with Crippen LogP contribution in [-0.4, -0.2) is 11.1 Å². The molecule has 2 aliphatic rings. The van der Waals surface area contributed by atoms with E-state index in [-0.39, 0.29) is 5.92 Å². The summed E-state index contributed by atoms with van der Waals surface area (Å²) in [5, 5.41) is 19.4. The third-order valence-electron chi connectivity index (χ3n) is 6.74. The number of benzene rings is 3. The van der Waals surface area contributed by atoms with Gasteiger partial charge in [-0.15, -0.1) is 0 Å². The second-order valence-electron chi connectivity index (χ2n) is 8.95. The second kappa shape index (κ2) is 9.98. The molecule has 180 valence electrons. The topological polar surface area (TPSA) is 85.2 Å². The minimum atomic E-state index is -1.33. The molecular weight excluding hydrogens is 477 g/mol. The Hall–Kier alpha value is -3.92. The highest BCUT2D eigenvalue weighted by Crippen LogP contribution is 2.47. The summed E-state index contributed by atoms with van der Waals surface area (Å²) in [5.74, 6) is -0.773. The molecule has 1 heterocycles.